The van der Waals surface area contributed by atoms with Crippen LogP contribution in [0.1, 0.15) is 27.3 Å². The molecule has 6 rings (SSSR count). The Hall–Kier alpha value is -3.62. The Balaban J connectivity index is 1.28. The molecule has 3 aliphatic heterocycles. The Morgan fingerprint density at radius 2 is 1.67 bits per heavy atom. The zero-order chi connectivity index (χ0) is 24.3. The number of amides is 1. The van der Waals surface area contributed by atoms with Gasteiger partial charge in [-0.2, -0.15) is 0 Å². The predicted octanol–water partition coefficient (Wildman–Crippen LogP) is 3.21. The van der Waals surface area contributed by atoms with Crippen LogP contribution in [0.15, 0.2) is 42.6 Å². The number of rotatable bonds is 5. The number of carbonyl (C=O) groups is 1. The van der Waals surface area contributed by atoms with E-state index in [1.807, 2.05) is 18.3 Å². The second kappa shape index (κ2) is 10.2. The number of nitrogens with one attached hydrogen (secondary N) is 2. The van der Waals surface area contributed by atoms with Crippen LogP contribution in [0, 0.1) is 0 Å². The standard InChI is InChI=1S/C28H31N5O3/c34-28-24-19-26(31-25(24)6-8-30-28)21-5-7-29-22(17-21)3-1-20-2-4-23(32-9-13-35-14-10-32)18-27(20)33-11-15-36-16-12-33/h1-5,7,17-19,31H,6,8-16H2,(H,30,34)/b3-1+. The van der Waals surface area contributed by atoms with E-state index in [4.69, 9.17) is 9.47 Å². The molecule has 1 amide bonds. The molecule has 3 aromatic rings. The van der Waals surface area contributed by atoms with Crippen molar-refractivity contribution >= 4 is 29.4 Å². The monoisotopic (exact) mass is 485 g/mol. The number of benzene rings is 1. The summed E-state index contributed by atoms with van der Waals surface area (Å²) in [6, 6.07) is 12.7. The first-order valence-corrected chi connectivity index (χ1v) is 12.7. The van der Waals surface area contributed by atoms with Crippen molar-refractivity contribution in [3.63, 3.8) is 0 Å². The van der Waals surface area contributed by atoms with Gasteiger partial charge in [-0.15, -0.1) is 0 Å². The maximum Gasteiger partial charge on any atom is 0.253 e. The van der Waals surface area contributed by atoms with Gasteiger partial charge >= 0.3 is 0 Å². The summed E-state index contributed by atoms with van der Waals surface area (Å²) in [6.07, 6.45) is 6.85. The third-order valence-electron chi connectivity index (χ3n) is 7.07. The number of aromatic nitrogens is 2. The molecule has 0 unspecified atom stereocenters. The topological polar surface area (TPSA) is 82.7 Å². The molecule has 0 saturated carbocycles. The number of hydrogen-bond donors (Lipinski definition) is 2. The molecule has 2 N–H and O–H groups in total. The number of nitrogens with zero attached hydrogens (tertiary/aromatic N) is 3. The van der Waals surface area contributed by atoms with Gasteiger partial charge in [0.05, 0.1) is 37.7 Å². The molecule has 1 aromatic carbocycles. The number of H-pyrrole nitrogens is 1. The van der Waals surface area contributed by atoms with Crippen molar-refractivity contribution in [2.45, 2.75) is 6.42 Å². The highest BCUT2D eigenvalue weighted by Crippen LogP contribution is 2.30. The fourth-order valence-corrected chi connectivity index (χ4v) is 5.10. The van der Waals surface area contributed by atoms with Crippen LogP contribution < -0.4 is 15.1 Å². The van der Waals surface area contributed by atoms with Gasteiger partial charge in [-0.25, -0.2) is 0 Å². The first-order chi connectivity index (χ1) is 17.7. The molecule has 0 aliphatic carbocycles. The molecular formula is C28H31N5O3. The first-order valence-electron chi connectivity index (χ1n) is 12.7. The molecule has 8 nitrogen and oxygen atoms in total. The van der Waals surface area contributed by atoms with Gasteiger partial charge in [0.15, 0.2) is 0 Å². The van der Waals surface area contributed by atoms with Gasteiger partial charge < -0.3 is 29.6 Å². The summed E-state index contributed by atoms with van der Waals surface area (Å²) in [5.74, 6) is -0.0101. The van der Waals surface area contributed by atoms with E-state index in [1.54, 1.807) is 0 Å². The van der Waals surface area contributed by atoms with Gasteiger partial charge in [0.2, 0.25) is 0 Å². The number of anilines is 2. The van der Waals surface area contributed by atoms with Gasteiger partial charge in [-0.05, 0) is 42.0 Å². The Bertz CT molecular complexity index is 1270. The normalized spacial score (nSPS) is 18.4. The van der Waals surface area contributed by atoms with Crippen molar-refractivity contribution < 1.29 is 14.3 Å². The number of hydrogen-bond acceptors (Lipinski definition) is 6. The van der Waals surface area contributed by atoms with E-state index in [2.05, 4.69) is 61.5 Å². The lowest BCUT2D eigenvalue weighted by atomic mass is 10.1. The second-order valence-electron chi connectivity index (χ2n) is 9.33. The molecule has 8 heteroatoms. The van der Waals surface area contributed by atoms with E-state index < -0.39 is 0 Å². The molecule has 3 aliphatic rings. The van der Waals surface area contributed by atoms with Gasteiger partial charge in [0, 0.05) is 73.7 Å². The van der Waals surface area contributed by atoms with Gasteiger partial charge in [-0.1, -0.05) is 12.1 Å². The fraction of sp³-hybridized carbons (Fsp3) is 0.357. The Morgan fingerprint density at radius 3 is 2.44 bits per heavy atom. The third-order valence-corrected chi connectivity index (χ3v) is 7.07. The number of ether oxygens (including phenoxy) is 2. The average Bonchev–Trinajstić information content (AvgIpc) is 3.39. The summed E-state index contributed by atoms with van der Waals surface area (Å²) in [7, 11) is 0. The zero-order valence-corrected chi connectivity index (χ0v) is 20.3. The van der Waals surface area contributed by atoms with Crippen molar-refractivity contribution in [2.75, 3.05) is 69.0 Å². The van der Waals surface area contributed by atoms with E-state index in [0.717, 1.165) is 92.8 Å². The SMILES string of the molecule is O=C1NCCc2[nH]c(-c3ccnc(/C=C/c4ccc(N5CCOCC5)cc4N4CCOCC4)c3)cc21. The Labute approximate surface area is 210 Å². The van der Waals surface area contributed by atoms with Crippen LogP contribution in [0.4, 0.5) is 11.4 Å². The summed E-state index contributed by atoms with van der Waals surface area (Å²) >= 11 is 0. The number of pyridine rings is 1. The fourth-order valence-electron chi connectivity index (χ4n) is 5.10. The van der Waals surface area contributed by atoms with Gasteiger partial charge in [-0.3, -0.25) is 9.78 Å². The molecule has 2 aromatic heterocycles. The van der Waals surface area contributed by atoms with Crippen LogP contribution in [-0.4, -0.2) is 75.0 Å². The van der Waals surface area contributed by atoms with Crippen molar-refractivity contribution in [2.24, 2.45) is 0 Å². The van der Waals surface area contributed by atoms with Crippen LogP contribution in [0.2, 0.25) is 0 Å². The van der Waals surface area contributed by atoms with Crippen LogP contribution in [0.5, 0.6) is 0 Å². The van der Waals surface area contributed by atoms with E-state index in [1.165, 1.54) is 11.4 Å². The predicted molar refractivity (Wildman–Crippen MR) is 141 cm³/mol. The van der Waals surface area contributed by atoms with Crippen LogP contribution in [0.25, 0.3) is 23.4 Å². The third kappa shape index (κ3) is 4.74. The maximum atomic E-state index is 12.2. The largest absolute Gasteiger partial charge is 0.378 e. The molecule has 5 heterocycles. The van der Waals surface area contributed by atoms with Crippen molar-refractivity contribution in [1.82, 2.24) is 15.3 Å². The Morgan fingerprint density at radius 1 is 0.889 bits per heavy atom. The minimum Gasteiger partial charge on any atom is -0.378 e. The summed E-state index contributed by atoms with van der Waals surface area (Å²) in [6.45, 7) is 7.29. The second-order valence-corrected chi connectivity index (χ2v) is 9.33. The summed E-state index contributed by atoms with van der Waals surface area (Å²) < 4.78 is 11.1. The molecule has 2 fully saturated rings. The summed E-state index contributed by atoms with van der Waals surface area (Å²) in [4.78, 5) is 25.0. The van der Waals surface area contributed by atoms with Crippen LogP contribution in [0.3, 0.4) is 0 Å². The van der Waals surface area contributed by atoms with Crippen molar-refractivity contribution in [3.05, 3.63) is 65.1 Å². The zero-order valence-electron chi connectivity index (χ0n) is 20.3. The smallest absolute Gasteiger partial charge is 0.253 e. The lowest BCUT2D eigenvalue weighted by Gasteiger charge is -2.33. The Kier molecular flexibility index (Phi) is 6.44. The minimum absolute atomic E-state index is 0.0101. The minimum atomic E-state index is -0.0101. The lowest BCUT2D eigenvalue weighted by molar-refractivity contribution is 0.0946. The molecule has 36 heavy (non-hydrogen) atoms. The van der Waals surface area contributed by atoms with E-state index in [-0.39, 0.29) is 5.91 Å². The number of carbonyl (C=O) groups excluding carboxylic acids is 1. The van der Waals surface area contributed by atoms with Crippen LogP contribution in [-0.2, 0) is 15.9 Å². The highest BCUT2D eigenvalue weighted by molar-refractivity contribution is 5.97. The summed E-state index contributed by atoms with van der Waals surface area (Å²) in [5.41, 5.74) is 8.18. The molecular weight excluding hydrogens is 454 g/mol. The average molecular weight is 486 g/mol. The molecule has 0 atom stereocenters. The van der Waals surface area contributed by atoms with Gasteiger partial charge in [0.25, 0.3) is 5.91 Å². The number of fused-ring (bicyclic) bond motifs is 1. The van der Waals surface area contributed by atoms with Crippen molar-refractivity contribution in [1.29, 1.82) is 0 Å². The molecule has 2 saturated heterocycles. The first kappa shape index (κ1) is 22.8. The maximum absolute atomic E-state index is 12.2. The van der Waals surface area contributed by atoms with Gasteiger partial charge in [0.1, 0.15) is 0 Å². The summed E-state index contributed by atoms with van der Waals surface area (Å²) in [5, 5.41) is 2.91. The number of aromatic amines is 1. The van der Waals surface area contributed by atoms with Crippen LogP contribution >= 0.6 is 0 Å². The highest BCUT2D eigenvalue weighted by Gasteiger charge is 2.20. The number of morpholine rings is 2. The van der Waals surface area contributed by atoms with Crippen molar-refractivity contribution in [3.8, 4) is 11.3 Å². The van der Waals surface area contributed by atoms with E-state index in [9.17, 15) is 4.79 Å². The molecule has 0 spiro atoms. The van der Waals surface area contributed by atoms with E-state index in [0.29, 0.717) is 6.54 Å². The molecule has 0 bridgehead atoms. The highest BCUT2D eigenvalue weighted by atomic mass is 16.5. The molecule has 0 radical (unpaired) electrons. The van der Waals surface area contributed by atoms with E-state index >= 15 is 0 Å². The lowest BCUT2D eigenvalue weighted by Crippen LogP contribution is -2.38. The quantitative estimate of drug-likeness (QED) is 0.578. The molecule has 186 valence electrons.